The van der Waals surface area contributed by atoms with Gasteiger partial charge in [-0.1, -0.05) is 60.7 Å². The van der Waals surface area contributed by atoms with Gasteiger partial charge in [0.2, 0.25) is 0 Å². The molecule has 0 saturated carbocycles. The fraction of sp³-hybridized carbons (Fsp3) is 0.0286. The van der Waals surface area contributed by atoms with E-state index >= 15 is 0 Å². The predicted octanol–water partition coefficient (Wildman–Crippen LogP) is 7.77. The molecule has 0 saturated heterocycles. The SMILES string of the molecule is [C-]#[N+]c1cccc(-c2cccc3c2c2c(-c4cccc(C#N)c4)cccc2n3-c2cccc3c2C(=O)N(C)C3=O)c1. The zero-order valence-corrected chi connectivity index (χ0v) is 21.9. The fourth-order valence-electron chi connectivity index (χ4n) is 5.92. The smallest absolute Gasteiger partial charge is 0.263 e. The molecule has 2 heterocycles. The molecule has 1 aromatic heterocycles. The number of carbonyl (C=O) groups is 2. The van der Waals surface area contributed by atoms with Crippen molar-refractivity contribution in [1.82, 2.24) is 9.47 Å². The Morgan fingerprint density at radius 3 is 1.95 bits per heavy atom. The number of aromatic nitrogens is 1. The van der Waals surface area contributed by atoms with Gasteiger partial charge in [0.25, 0.3) is 11.8 Å². The molecule has 0 bridgehead atoms. The van der Waals surface area contributed by atoms with Crippen LogP contribution in [0, 0.1) is 17.9 Å². The molecule has 7 rings (SSSR count). The van der Waals surface area contributed by atoms with Crippen molar-refractivity contribution in [2.45, 2.75) is 0 Å². The molecule has 0 radical (unpaired) electrons. The highest BCUT2D eigenvalue weighted by Crippen LogP contribution is 2.44. The van der Waals surface area contributed by atoms with Gasteiger partial charge in [-0.25, -0.2) is 4.85 Å². The number of imide groups is 1. The first-order valence-electron chi connectivity index (χ1n) is 13.0. The molecule has 192 valence electrons. The van der Waals surface area contributed by atoms with Gasteiger partial charge in [0.1, 0.15) is 0 Å². The highest BCUT2D eigenvalue weighted by Gasteiger charge is 2.36. The summed E-state index contributed by atoms with van der Waals surface area (Å²) in [5.74, 6) is -0.660. The second-order valence-electron chi connectivity index (χ2n) is 9.96. The summed E-state index contributed by atoms with van der Waals surface area (Å²) >= 11 is 0. The Kier molecular flexibility index (Phi) is 5.32. The number of benzene rings is 5. The zero-order chi connectivity index (χ0) is 28.2. The van der Waals surface area contributed by atoms with Gasteiger partial charge in [-0.05, 0) is 64.7 Å². The Hall–Kier alpha value is -5.98. The molecule has 0 N–H and O–H groups in total. The van der Waals surface area contributed by atoms with Gasteiger partial charge >= 0.3 is 0 Å². The summed E-state index contributed by atoms with van der Waals surface area (Å²) in [6.07, 6.45) is 0. The average Bonchev–Trinajstić information content (AvgIpc) is 3.48. The third-order valence-corrected chi connectivity index (χ3v) is 7.74. The van der Waals surface area contributed by atoms with E-state index in [9.17, 15) is 14.9 Å². The Labute approximate surface area is 235 Å². The first kappa shape index (κ1) is 24.1. The summed E-state index contributed by atoms with van der Waals surface area (Å²) < 4.78 is 2.05. The molecule has 0 aliphatic carbocycles. The van der Waals surface area contributed by atoms with Crippen LogP contribution in [0.15, 0.2) is 103 Å². The predicted molar refractivity (Wildman–Crippen MR) is 159 cm³/mol. The minimum atomic E-state index is -0.339. The maximum atomic E-state index is 13.3. The summed E-state index contributed by atoms with van der Waals surface area (Å²) in [6.45, 7) is 7.55. The lowest BCUT2D eigenvalue weighted by molar-refractivity contribution is 0.0693. The molecule has 2 amide bonds. The van der Waals surface area contributed by atoms with Crippen LogP contribution in [0.3, 0.4) is 0 Å². The lowest BCUT2D eigenvalue weighted by atomic mass is 9.94. The molecule has 6 nitrogen and oxygen atoms in total. The van der Waals surface area contributed by atoms with Crippen molar-refractivity contribution in [3.05, 3.63) is 131 Å². The van der Waals surface area contributed by atoms with Crippen LogP contribution in [0.2, 0.25) is 0 Å². The van der Waals surface area contributed by atoms with Crippen molar-refractivity contribution in [3.63, 3.8) is 0 Å². The second-order valence-corrected chi connectivity index (χ2v) is 9.96. The molecule has 0 spiro atoms. The number of rotatable bonds is 3. The molecule has 6 heteroatoms. The summed E-state index contributed by atoms with van der Waals surface area (Å²) in [5, 5.41) is 11.5. The Balaban J connectivity index is 1.67. The third kappa shape index (κ3) is 3.49. The topological polar surface area (TPSA) is 70.5 Å². The fourth-order valence-corrected chi connectivity index (χ4v) is 5.92. The van der Waals surface area contributed by atoms with Gasteiger partial charge in [0.15, 0.2) is 5.69 Å². The van der Waals surface area contributed by atoms with Gasteiger partial charge in [-0.2, -0.15) is 5.26 Å². The van der Waals surface area contributed by atoms with Gasteiger partial charge in [0.05, 0.1) is 46.1 Å². The number of carbonyl (C=O) groups excluding carboxylic acids is 2. The second kappa shape index (κ2) is 9.05. The lowest BCUT2D eigenvalue weighted by Crippen LogP contribution is -2.24. The van der Waals surface area contributed by atoms with E-state index in [-0.39, 0.29) is 11.8 Å². The van der Waals surface area contributed by atoms with Crippen molar-refractivity contribution in [3.8, 4) is 34.0 Å². The van der Waals surface area contributed by atoms with Crippen LogP contribution in [-0.4, -0.2) is 28.3 Å². The molecule has 0 fully saturated rings. The zero-order valence-electron chi connectivity index (χ0n) is 21.9. The van der Waals surface area contributed by atoms with E-state index in [2.05, 4.69) is 10.9 Å². The minimum absolute atomic E-state index is 0.321. The molecular weight excluding hydrogens is 508 g/mol. The summed E-state index contributed by atoms with van der Waals surface area (Å²) in [6, 6.07) is 34.7. The molecule has 5 aromatic carbocycles. The highest BCUT2D eigenvalue weighted by atomic mass is 16.2. The van der Waals surface area contributed by atoms with Crippen molar-refractivity contribution in [2.75, 3.05) is 7.05 Å². The van der Waals surface area contributed by atoms with E-state index < -0.39 is 0 Å². The average molecular weight is 529 g/mol. The van der Waals surface area contributed by atoms with Gasteiger partial charge in [-0.15, -0.1) is 0 Å². The Bertz CT molecular complexity index is 2080. The maximum Gasteiger partial charge on any atom is 0.263 e. The Morgan fingerprint density at radius 2 is 1.29 bits per heavy atom. The summed E-state index contributed by atoms with van der Waals surface area (Å²) in [4.78, 5) is 31.0. The molecule has 1 aliphatic rings. The van der Waals surface area contributed by atoms with Crippen LogP contribution in [0.5, 0.6) is 0 Å². The summed E-state index contributed by atoms with van der Waals surface area (Å²) in [5.41, 5.74) is 7.85. The van der Waals surface area contributed by atoms with Crippen molar-refractivity contribution >= 4 is 39.3 Å². The summed E-state index contributed by atoms with van der Waals surface area (Å²) in [7, 11) is 1.50. The van der Waals surface area contributed by atoms with E-state index in [4.69, 9.17) is 6.57 Å². The quantitative estimate of drug-likeness (QED) is 0.174. The van der Waals surface area contributed by atoms with Gasteiger partial charge in [-0.3, -0.25) is 14.5 Å². The van der Waals surface area contributed by atoms with Crippen LogP contribution >= 0.6 is 0 Å². The number of fused-ring (bicyclic) bond motifs is 4. The molecule has 6 aromatic rings. The monoisotopic (exact) mass is 528 g/mol. The first-order chi connectivity index (χ1) is 20.0. The van der Waals surface area contributed by atoms with Crippen LogP contribution in [0.4, 0.5) is 5.69 Å². The van der Waals surface area contributed by atoms with Gasteiger partial charge in [0, 0.05) is 17.8 Å². The number of nitriles is 1. The third-order valence-electron chi connectivity index (χ3n) is 7.74. The first-order valence-corrected chi connectivity index (χ1v) is 13.0. The van der Waals surface area contributed by atoms with E-state index in [1.54, 1.807) is 24.3 Å². The van der Waals surface area contributed by atoms with E-state index in [0.717, 1.165) is 49.0 Å². The normalized spacial score (nSPS) is 12.5. The number of hydrogen-bond donors (Lipinski definition) is 0. The maximum absolute atomic E-state index is 13.3. The standard InChI is InChI=1S/C35H20N4O2/c1-37-24-11-4-10-23(19-24)26-13-6-16-29-32(26)31-25(22-9-3-8-21(18-22)20-36)12-5-15-28(31)39(29)30-17-7-14-27-33(30)35(41)38(2)34(27)40/h3-19H,2H3. The number of hydrogen-bond acceptors (Lipinski definition) is 3. The van der Waals surface area contributed by atoms with Gasteiger partial charge < -0.3 is 4.57 Å². The molecule has 1 aliphatic heterocycles. The van der Waals surface area contributed by atoms with Crippen molar-refractivity contribution in [2.24, 2.45) is 0 Å². The van der Waals surface area contributed by atoms with Crippen LogP contribution < -0.4 is 0 Å². The van der Waals surface area contributed by atoms with Crippen LogP contribution in [0.1, 0.15) is 26.3 Å². The Morgan fingerprint density at radius 1 is 0.707 bits per heavy atom. The van der Waals surface area contributed by atoms with E-state index in [0.29, 0.717) is 28.1 Å². The minimum Gasteiger partial charge on any atom is -0.308 e. The lowest BCUT2D eigenvalue weighted by Gasteiger charge is -2.12. The largest absolute Gasteiger partial charge is 0.308 e. The highest BCUT2D eigenvalue weighted by molar-refractivity contribution is 6.25. The molecule has 0 unspecified atom stereocenters. The molecular formula is C35H20N4O2. The van der Waals surface area contributed by atoms with E-state index in [1.165, 1.54) is 7.05 Å². The van der Waals surface area contributed by atoms with Crippen molar-refractivity contribution < 1.29 is 9.59 Å². The van der Waals surface area contributed by atoms with Crippen LogP contribution in [0.25, 0.3) is 54.6 Å². The van der Waals surface area contributed by atoms with Crippen LogP contribution in [-0.2, 0) is 0 Å². The number of nitrogens with zero attached hydrogens (tertiary/aromatic N) is 4. The molecule has 0 atom stereocenters. The molecule has 41 heavy (non-hydrogen) atoms. The number of amides is 2. The van der Waals surface area contributed by atoms with Crippen molar-refractivity contribution in [1.29, 1.82) is 5.26 Å². The van der Waals surface area contributed by atoms with E-state index in [1.807, 2.05) is 83.4 Å².